The predicted octanol–water partition coefficient (Wildman–Crippen LogP) is 4.46. The van der Waals surface area contributed by atoms with Gasteiger partial charge < -0.3 is 19.0 Å². The number of aromatic nitrogens is 1. The molecule has 2 aromatic heterocycles. The Labute approximate surface area is 165 Å². The number of rotatable bonds is 5. The number of nitrogens with one attached hydrogen (secondary N) is 1. The molecule has 0 atom stereocenters. The second kappa shape index (κ2) is 7.63. The largest absolute Gasteiger partial charge is 0.465 e. The van der Waals surface area contributed by atoms with Crippen LogP contribution in [0.1, 0.15) is 26.4 Å². The van der Waals surface area contributed by atoms with Gasteiger partial charge in [0.2, 0.25) is 0 Å². The smallest absolute Gasteiger partial charge is 0.337 e. The second-order valence-electron chi connectivity index (χ2n) is 6.44. The minimum absolute atomic E-state index is 0.297. The molecule has 146 valence electrons. The summed E-state index contributed by atoms with van der Waals surface area (Å²) in [6.45, 7) is 0.297. The van der Waals surface area contributed by atoms with Crippen LogP contribution < -0.4 is 5.32 Å². The van der Waals surface area contributed by atoms with Crippen LogP contribution in [0, 0.1) is 5.82 Å². The minimum atomic E-state index is -0.493. The van der Waals surface area contributed by atoms with Crippen molar-refractivity contribution in [1.82, 2.24) is 4.57 Å². The lowest BCUT2D eigenvalue weighted by Gasteiger charge is -2.11. The van der Waals surface area contributed by atoms with E-state index in [1.54, 1.807) is 47.0 Å². The number of methoxy groups -OCH3 is 1. The summed E-state index contributed by atoms with van der Waals surface area (Å²) < 4.78 is 25.5. The van der Waals surface area contributed by atoms with E-state index in [-0.39, 0.29) is 11.7 Å². The van der Waals surface area contributed by atoms with Crippen molar-refractivity contribution < 1.29 is 23.1 Å². The van der Waals surface area contributed by atoms with E-state index in [2.05, 4.69) is 5.32 Å². The Morgan fingerprint density at radius 1 is 1.10 bits per heavy atom. The van der Waals surface area contributed by atoms with Crippen LogP contribution in [-0.4, -0.2) is 23.6 Å². The fraction of sp³-hybridized carbons (Fsp3) is 0.0909. The number of anilines is 1. The number of amides is 1. The average Bonchev–Trinajstić information content (AvgIpc) is 3.30. The van der Waals surface area contributed by atoms with Crippen molar-refractivity contribution >= 4 is 28.7 Å². The fourth-order valence-electron chi connectivity index (χ4n) is 3.19. The standard InChI is InChI=1S/C22H17FN2O4/c1-28-22(27)15-5-3-7-17(11-15)24-21(26)19-12-20-18(8-9-29-20)25(19)13-14-4-2-6-16(23)10-14/h2-12H,13H2,1H3,(H,24,26). The van der Waals surface area contributed by atoms with E-state index in [9.17, 15) is 14.0 Å². The first kappa shape index (κ1) is 18.5. The maximum atomic E-state index is 13.6. The summed E-state index contributed by atoms with van der Waals surface area (Å²) in [5.74, 6) is -1.22. The number of hydrogen-bond acceptors (Lipinski definition) is 4. The lowest BCUT2D eigenvalue weighted by atomic mass is 10.2. The van der Waals surface area contributed by atoms with Gasteiger partial charge >= 0.3 is 5.97 Å². The molecule has 0 bridgehead atoms. The van der Waals surface area contributed by atoms with Gasteiger partial charge in [-0.3, -0.25) is 4.79 Å². The van der Waals surface area contributed by atoms with E-state index >= 15 is 0 Å². The summed E-state index contributed by atoms with van der Waals surface area (Å²) in [4.78, 5) is 24.7. The Kier molecular flexibility index (Phi) is 4.87. The summed E-state index contributed by atoms with van der Waals surface area (Å²) in [5, 5.41) is 2.78. The molecule has 0 aliphatic carbocycles. The number of carbonyl (C=O) groups excluding carboxylic acids is 2. The van der Waals surface area contributed by atoms with Crippen LogP contribution in [0.15, 0.2) is 71.3 Å². The lowest BCUT2D eigenvalue weighted by Crippen LogP contribution is -2.18. The van der Waals surface area contributed by atoms with E-state index in [1.165, 1.54) is 31.6 Å². The van der Waals surface area contributed by atoms with Crippen molar-refractivity contribution in [2.24, 2.45) is 0 Å². The van der Waals surface area contributed by atoms with Crippen molar-refractivity contribution in [3.63, 3.8) is 0 Å². The molecule has 4 aromatic rings. The SMILES string of the molecule is COC(=O)c1cccc(NC(=O)c2cc3occc3n2Cc2cccc(F)c2)c1. The Hall–Kier alpha value is -3.87. The topological polar surface area (TPSA) is 73.5 Å². The number of nitrogens with zero attached hydrogens (tertiary/aromatic N) is 1. The van der Waals surface area contributed by atoms with E-state index in [4.69, 9.17) is 9.15 Å². The van der Waals surface area contributed by atoms with Crippen molar-refractivity contribution in [3.8, 4) is 0 Å². The van der Waals surface area contributed by atoms with Crippen LogP contribution in [0.2, 0.25) is 0 Å². The molecule has 0 radical (unpaired) electrons. The molecule has 1 N–H and O–H groups in total. The number of furan rings is 1. The first-order valence-corrected chi connectivity index (χ1v) is 8.86. The van der Waals surface area contributed by atoms with Gasteiger partial charge in [0.1, 0.15) is 11.5 Å². The first-order chi connectivity index (χ1) is 14.0. The third-order valence-corrected chi connectivity index (χ3v) is 4.53. The van der Waals surface area contributed by atoms with Gasteiger partial charge in [-0.15, -0.1) is 0 Å². The second-order valence-corrected chi connectivity index (χ2v) is 6.44. The molecule has 0 aliphatic rings. The third kappa shape index (κ3) is 3.75. The highest BCUT2D eigenvalue weighted by Gasteiger charge is 2.18. The zero-order chi connectivity index (χ0) is 20.4. The third-order valence-electron chi connectivity index (χ3n) is 4.53. The van der Waals surface area contributed by atoms with E-state index in [0.29, 0.717) is 34.6 Å². The van der Waals surface area contributed by atoms with E-state index in [0.717, 1.165) is 5.52 Å². The van der Waals surface area contributed by atoms with E-state index in [1.807, 2.05) is 0 Å². The van der Waals surface area contributed by atoms with Gasteiger partial charge in [-0.25, -0.2) is 9.18 Å². The van der Waals surface area contributed by atoms with Crippen LogP contribution in [0.25, 0.3) is 11.1 Å². The van der Waals surface area contributed by atoms with Gasteiger partial charge in [0.25, 0.3) is 5.91 Å². The molecule has 6 nitrogen and oxygen atoms in total. The number of fused-ring (bicyclic) bond motifs is 1. The maximum Gasteiger partial charge on any atom is 0.337 e. The van der Waals surface area contributed by atoms with Gasteiger partial charge in [-0.1, -0.05) is 18.2 Å². The Bertz CT molecular complexity index is 1210. The summed E-state index contributed by atoms with van der Waals surface area (Å²) in [6, 6.07) is 16.1. The molecule has 0 unspecified atom stereocenters. The molecule has 0 spiro atoms. The number of halogens is 1. The zero-order valence-electron chi connectivity index (χ0n) is 15.5. The Balaban J connectivity index is 1.66. The van der Waals surface area contributed by atoms with Crippen LogP contribution in [0.4, 0.5) is 10.1 Å². The molecule has 0 aliphatic heterocycles. The van der Waals surface area contributed by atoms with Crippen molar-refractivity contribution in [2.75, 3.05) is 12.4 Å². The number of esters is 1. The van der Waals surface area contributed by atoms with Gasteiger partial charge in [0.05, 0.1) is 24.5 Å². The quantitative estimate of drug-likeness (QED) is 0.509. The highest BCUT2D eigenvalue weighted by Crippen LogP contribution is 2.24. The molecular weight excluding hydrogens is 375 g/mol. The molecule has 2 aromatic carbocycles. The fourth-order valence-corrected chi connectivity index (χ4v) is 3.19. The molecule has 0 saturated carbocycles. The Morgan fingerprint density at radius 2 is 1.93 bits per heavy atom. The van der Waals surface area contributed by atoms with Crippen molar-refractivity contribution in [2.45, 2.75) is 6.54 Å². The monoisotopic (exact) mass is 392 g/mol. The van der Waals surface area contributed by atoms with Crippen LogP contribution in [-0.2, 0) is 11.3 Å². The molecular formula is C22H17FN2O4. The maximum absolute atomic E-state index is 13.6. The van der Waals surface area contributed by atoms with Crippen LogP contribution in [0.3, 0.4) is 0 Å². The number of carbonyl (C=O) groups is 2. The number of ether oxygens (including phenoxy) is 1. The molecule has 0 saturated heterocycles. The van der Waals surface area contributed by atoms with Gasteiger partial charge in [-0.2, -0.15) is 0 Å². The zero-order valence-corrected chi connectivity index (χ0v) is 15.5. The normalized spacial score (nSPS) is 10.8. The van der Waals surface area contributed by atoms with Crippen LogP contribution in [0.5, 0.6) is 0 Å². The summed E-state index contributed by atoms with van der Waals surface area (Å²) in [7, 11) is 1.29. The molecule has 0 fully saturated rings. The van der Waals surface area contributed by atoms with Crippen LogP contribution >= 0.6 is 0 Å². The number of benzene rings is 2. The summed E-state index contributed by atoms with van der Waals surface area (Å²) in [5.41, 5.74) is 3.12. The Morgan fingerprint density at radius 3 is 2.72 bits per heavy atom. The average molecular weight is 392 g/mol. The molecule has 4 rings (SSSR count). The summed E-state index contributed by atoms with van der Waals surface area (Å²) in [6.07, 6.45) is 1.54. The van der Waals surface area contributed by atoms with Crippen molar-refractivity contribution in [1.29, 1.82) is 0 Å². The highest BCUT2D eigenvalue weighted by atomic mass is 19.1. The first-order valence-electron chi connectivity index (χ1n) is 8.86. The minimum Gasteiger partial charge on any atom is -0.465 e. The van der Waals surface area contributed by atoms with Gasteiger partial charge in [0, 0.05) is 24.4 Å². The van der Waals surface area contributed by atoms with Gasteiger partial charge in [-0.05, 0) is 35.9 Å². The van der Waals surface area contributed by atoms with Crippen molar-refractivity contribution in [3.05, 3.63) is 89.6 Å². The van der Waals surface area contributed by atoms with Gasteiger partial charge in [0.15, 0.2) is 5.58 Å². The summed E-state index contributed by atoms with van der Waals surface area (Å²) >= 11 is 0. The molecule has 7 heteroatoms. The van der Waals surface area contributed by atoms with E-state index < -0.39 is 5.97 Å². The number of hydrogen-bond donors (Lipinski definition) is 1. The lowest BCUT2D eigenvalue weighted by molar-refractivity contribution is 0.0600. The molecule has 1 amide bonds. The highest BCUT2D eigenvalue weighted by molar-refractivity contribution is 6.06. The predicted molar refractivity (Wildman–Crippen MR) is 105 cm³/mol. The molecule has 29 heavy (non-hydrogen) atoms. The molecule has 2 heterocycles.